The molecule has 0 aromatic carbocycles. The van der Waals surface area contributed by atoms with Gasteiger partial charge in [-0.15, -0.1) is 0 Å². The van der Waals surface area contributed by atoms with E-state index in [9.17, 15) is 0 Å². The normalized spacial score (nSPS) is 15.7. The highest BCUT2D eigenvalue weighted by atomic mass is 14.1. The molecule has 78 valence electrons. The van der Waals surface area contributed by atoms with Crippen LogP contribution < -0.4 is 0 Å². The lowest BCUT2D eigenvalue weighted by Gasteiger charge is -2.14. The van der Waals surface area contributed by atoms with Crippen LogP contribution in [0.1, 0.15) is 58.8 Å². The minimum atomic E-state index is 0.817. The van der Waals surface area contributed by atoms with Crippen LogP contribution in [-0.2, 0) is 0 Å². The van der Waals surface area contributed by atoms with Gasteiger partial charge in [-0.2, -0.15) is 0 Å². The van der Waals surface area contributed by atoms with Crippen molar-refractivity contribution in [1.29, 1.82) is 0 Å². The molecule has 0 bridgehead atoms. The van der Waals surface area contributed by atoms with Crippen LogP contribution in [0.15, 0.2) is 0 Å². The number of rotatable bonds is 8. The Morgan fingerprint density at radius 3 is 2.23 bits per heavy atom. The molecule has 0 saturated heterocycles. The standard InChI is InChI=1S/C13H26/c1-5-9-13(7-3)11-8-10-12(4)6-2/h12-13H,1-2,5-11H2,3-4H3. The van der Waals surface area contributed by atoms with Crippen LogP contribution in [0.4, 0.5) is 0 Å². The molecule has 2 radical (unpaired) electrons. The molecule has 0 aliphatic heterocycles. The largest absolute Gasteiger partial charge is 0.0651 e. The summed E-state index contributed by atoms with van der Waals surface area (Å²) in [7, 11) is 0. The summed E-state index contributed by atoms with van der Waals surface area (Å²) >= 11 is 0. The smallest absolute Gasteiger partial charge is 0.0417 e. The van der Waals surface area contributed by atoms with Gasteiger partial charge < -0.3 is 0 Å². The molecule has 2 unspecified atom stereocenters. The van der Waals surface area contributed by atoms with Crippen molar-refractivity contribution in [3.05, 3.63) is 13.8 Å². The van der Waals surface area contributed by atoms with Gasteiger partial charge in [0.2, 0.25) is 0 Å². The second-order valence-corrected chi connectivity index (χ2v) is 4.24. The van der Waals surface area contributed by atoms with Gasteiger partial charge in [-0.25, -0.2) is 0 Å². The molecule has 0 aromatic rings. The van der Waals surface area contributed by atoms with Gasteiger partial charge in [0.1, 0.15) is 0 Å². The minimum absolute atomic E-state index is 0.817. The Hall–Kier alpha value is 0. The van der Waals surface area contributed by atoms with Gasteiger partial charge in [0, 0.05) is 0 Å². The summed E-state index contributed by atoms with van der Waals surface area (Å²) in [5.41, 5.74) is 0. The molecule has 0 amide bonds. The fraction of sp³-hybridized carbons (Fsp3) is 0.846. The second kappa shape index (κ2) is 8.59. The summed E-state index contributed by atoms with van der Waals surface area (Å²) in [6, 6.07) is 0. The van der Waals surface area contributed by atoms with Crippen molar-refractivity contribution in [2.75, 3.05) is 0 Å². The van der Waals surface area contributed by atoms with E-state index in [4.69, 9.17) is 0 Å². The van der Waals surface area contributed by atoms with Crippen LogP contribution in [0.2, 0.25) is 0 Å². The second-order valence-electron chi connectivity index (χ2n) is 4.24. The van der Waals surface area contributed by atoms with Crippen molar-refractivity contribution in [3.8, 4) is 0 Å². The van der Waals surface area contributed by atoms with E-state index < -0.39 is 0 Å². The molecule has 0 saturated carbocycles. The van der Waals surface area contributed by atoms with E-state index in [1.807, 2.05) is 0 Å². The van der Waals surface area contributed by atoms with Crippen LogP contribution in [0.25, 0.3) is 0 Å². The van der Waals surface area contributed by atoms with Gasteiger partial charge in [-0.1, -0.05) is 72.6 Å². The molecule has 0 aliphatic carbocycles. The average Bonchev–Trinajstić information content (AvgIpc) is 2.16. The quantitative estimate of drug-likeness (QED) is 0.512. The third-order valence-corrected chi connectivity index (χ3v) is 2.99. The third kappa shape index (κ3) is 7.10. The van der Waals surface area contributed by atoms with Crippen LogP contribution in [0.3, 0.4) is 0 Å². The summed E-state index contributed by atoms with van der Waals surface area (Å²) in [4.78, 5) is 0. The zero-order valence-electron chi connectivity index (χ0n) is 9.52. The van der Waals surface area contributed by atoms with Gasteiger partial charge in [0.15, 0.2) is 0 Å². The SMILES string of the molecule is [CH2]CCC(CC)CCCC(C)C[CH2]. The average molecular weight is 182 g/mol. The van der Waals surface area contributed by atoms with E-state index in [1.165, 1.54) is 32.1 Å². The lowest BCUT2D eigenvalue weighted by molar-refractivity contribution is 0.394. The summed E-state index contributed by atoms with van der Waals surface area (Å²) in [6.07, 6.45) is 8.97. The molecular weight excluding hydrogens is 156 g/mol. The van der Waals surface area contributed by atoms with Gasteiger partial charge in [0.05, 0.1) is 0 Å². The first-order valence-corrected chi connectivity index (χ1v) is 5.83. The lowest BCUT2D eigenvalue weighted by atomic mass is 9.92. The highest BCUT2D eigenvalue weighted by Gasteiger charge is 2.05. The number of hydrogen-bond acceptors (Lipinski definition) is 0. The van der Waals surface area contributed by atoms with Crippen molar-refractivity contribution in [3.63, 3.8) is 0 Å². The van der Waals surface area contributed by atoms with Gasteiger partial charge in [-0.3, -0.25) is 0 Å². The molecular formula is C13H26. The predicted molar refractivity (Wildman–Crippen MR) is 61.4 cm³/mol. The van der Waals surface area contributed by atoms with Crippen LogP contribution >= 0.6 is 0 Å². The van der Waals surface area contributed by atoms with E-state index >= 15 is 0 Å². The summed E-state index contributed by atoms with van der Waals surface area (Å²) in [5, 5.41) is 0. The van der Waals surface area contributed by atoms with Gasteiger partial charge in [0.25, 0.3) is 0 Å². The van der Waals surface area contributed by atoms with Gasteiger partial charge >= 0.3 is 0 Å². The topological polar surface area (TPSA) is 0 Å². The molecule has 2 atom stereocenters. The monoisotopic (exact) mass is 182 g/mol. The Morgan fingerprint density at radius 2 is 1.77 bits per heavy atom. The van der Waals surface area contributed by atoms with Crippen molar-refractivity contribution in [1.82, 2.24) is 0 Å². The first kappa shape index (κ1) is 13.0. The number of hydrogen-bond donors (Lipinski definition) is 0. The fourth-order valence-corrected chi connectivity index (χ4v) is 1.74. The first-order chi connectivity index (χ1) is 6.24. The Balaban J connectivity index is 3.37. The zero-order chi connectivity index (χ0) is 10.1. The zero-order valence-corrected chi connectivity index (χ0v) is 9.52. The fourth-order valence-electron chi connectivity index (χ4n) is 1.74. The Morgan fingerprint density at radius 1 is 1.08 bits per heavy atom. The molecule has 0 spiro atoms. The van der Waals surface area contributed by atoms with E-state index in [0.29, 0.717) is 0 Å². The van der Waals surface area contributed by atoms with Crippen molar-refractivity contribution in [2.45, 2.75) is 58.8 Å². The maximum atomic E-state index is 3.93. The summed E-state index contributed by atoms with van der Waals surface area (Å²) in [6.45, 7) is 12.5. The van der Waals surface area contributed by atoms with Crippen molar-refractivity contribution < 1.29 is 0 Å². The minimum Gasteiger partial charge on any atom is -0.0651 e. The molecule has 0 aliphatic rings. The molecule has 0 aromatic heterocycles. The van der Waals surface area contributed by atoms with Crippen LogP contribution in [0, 0.1) is 25.7 Å². The lowest BCUT2D eigenvalue weighted by Crippen LogP contribution is -2.00. The Labute approximate surface area is 85.1 Å². The van der Waals surface area contributed by atoms with Crippen molar-refractivity contribution in [2.24, 2.45) is 11.8 Å². The molecule has 0 N–H and O–H groups in total. The molecule has 0 fully saturated rings. The highest BCUT2D eigenvalue weighted by Crippen LogP contribution is 2.20. The first-order valence-electron chi connectivity index (χ1n) is 5.83. The maximum Gasteiger partial charge on any atom is -0.0417 e. The molecule has 0 heterocycles. The van der Waals surface area contributed by atoms with E-state index in [-0.39, 0.29) is 0 Å². The third-order valence-electron chi connectivity index (χ3n) is 2.99. The van der Waals surface area contributed by atoms with Crippen molar-refractivity contribution >= 4 is 0 Å². The molecule has 0 rings (SSSR count). The maximum absolute atomic E-state index is 3.93. The van der Waals surface area contributed by atoms with E-state index in [2.05, 4.69) is 27.7 Å². The molecule has 0 heteroatoms. The summed E-state index contributed by atoms with van der Waals surface area (Å²) in [5.74, 6) is 1.74. The Kier molecular flexibility index (Phi) is 8.59. The predicted octanol–water partition coefficient (Wildman–Crippen LogP) is 4.66. The van der Waals surface area contributed by atoms with E-state index in [0.717, 1.165) is 24.7 Å². The van der Waals surface area contributed by atoms with Gasteiger partial charge in [-0.05, 0) is 11.8 Å². The van der Waals surface area contributed by atoms with Crippen LogP contribution in [-0.4, -0.2) is 0 Å². The molecule has 0 nitrogen and oxygen atoms in total. The Bertz CT molecular complexity index is 96.2. The highest BCUT2D eigenvalue weighted by molar-refractivity contribution is 4.61. The molecule has 13 heavy (non-hydrogen) atoms. The summed E-state index contributed by atoms with van der Waals surface area (Å²) < 4.78 is 0. The van der Waals surface area contributed by atoms with Crippen LogP contribution in [0.5, 0.6) is 0 Å². The van der Waals surface area contributed by atoms with E-state index in [1.54, 1.807) is 0 Å².